The van der Waals surface area contributed by atoms with E-state index in [9.17, 15) is 31.5 Å². The van der Waals surface area contributed by atoms with E-state index in [1.165, 1.54) is 18.2 Å². The Morgan fingerprint density at radius 2 is 1.56 bits per heavy atom. The largest absolute Gasteiger partial charge is 0.416 e. The highest BCUT2D eigenvalue weighted by atomic mass is 19.4. The molecule has 2 aromatic carbocycles. The first-order valence-corrected chi connectivity index (χ1v) is 7.75. The lowest BCUT2D eigenvalue weighted by atomic mass is 10.0. The Labute approximate surface area is 151 Å². The zero-order chi connectivity index (χ0) is 20.2. The number of alkyl halides is 3. The van der Waals surface area contributed by atoms with Crippen LogP contribution in [0, 0.1) is 11.6 Å². The van der Waals surface area contributed by atoms with Crippen LogP contribution in [0.3, 0.4) is 0 Å². The number of benzene rings is 2. The van der Waals surface area contributed by atoms with E-state index in [-0.39, 0.29) is 18.4 Å². The molecule has 0 aromatic heterocycles. The number of carbonyl (C=O) groups is 2. The van der Waals surface area contributed by atoms with Crippen molar-refractivity contribution in [2.45, 2.75) is 25.1 Å². The molecule has 0 fully saturated rings. The van der Waals surface area contributed by atoms with Crippen LogP contribution in [0.2, 0.25) is 0 Å². The van der Waals surface area contributed by atoms with Crippen molar-refractivity contribution in [2.24, 2.45) is 5.73 Å². The fraction of sp³-hybridized carbons (Fsp3) is 0.222. The summed E-state index contributed by atoms with van der Waals surface area (Å²) in [4.78, 5) is 23.6. The van der Waals surface area contributed by atoms with Gasteiger partial charge in [0.1, 0.15) is 6.04 Å². The predicted molar refractivity (Wildman–Crippen MR) is 86.3 cm³/mol. The van der Waals surface area contributed by atoms with Crippen LogP contribution in [0.25, 0.3) is 0 Å². The number of nitrogens with two attached hydrogens (primary N) is 1. The van der Waals surface area contributed by atoms with Gasteiger partial charge >= 0.3 is 6.18 Å². The van der Waals surface area contributed by atoms with Crippen LogP contribution in [0.4, 0.5) is 22.0 Å². The maximum absolute atomic E-state index is 13.2. The summed E-state index contributed by atoms with van der Waals surface area (Å²) in [6.45, 7) is 0. The normalized spacial score (nSPS) is 12.5. The van der Waals surface area contributed by atoms with Gasteiger partial charge in [-0.05, 0) is 35.4 Å². The highest BCUT2D eigenvalue weighted by Crippen LogP contribution is 2.29. The average Bonchev–Trinajstić information content (AvgIpc) is 2.57. The van der Waals surface area contributed by atoms with E-state index in [1.807, 2.05) is 0 Å². The topological polar surface area (TPSA) is 72.2 Å². The van der Waals surface area contributed by atoms with Gasteiger partial charge in [-0.1, -0.05) is 18.2 Å². The van der Waals surface area contributed by atoms with Crippen LogP contribution < -0.4 is 11.1 Å². The van der Waals surface area contributed by atoms with Gasteiger partial charge in [0.25, 0.3) is 0 Å². The second kappa shape index (κ2) is 8.15. The fourth-order valence-corrected chi connectivity index (χ4v) is 2.37. The first-order chi connectivity index (χ1) is 12.6. The zero-order valence-electron chi connectivity index (χ0n) is 13.8. The van der Waals surface area contributed by atoms with Crippen molar-refractivity contribution in [1.29, 1.82) is 0 Å². The molecule has 2 rings (SSSR count). The summed E-state index contributed by atoms with van der Waals surface area (Å²) in [5.74, 6) is -3.72. The van der Waals surface area contributed by atoms with Crippen molar-refractivity contribution in [1.82, 2.24) is 5.32 Å². The SMILES string of the molecule is NC(=O)[C@H](Cc1ccc(C(F)(F)F)cc1)NC(=O)Cc1ccc(F)c(F)c1. The smallest absolute Gasteiger partial charge is 0.368 e. The second-order valence-corrected chi connectivity index (χ2v) is 5.85. The standard InChI is InChI=1S/C18H15F5N2O2/c19-13-6-3-11(7-14(13)20)9-16(26)25-15(17(24)27)8-10-1-4-12(5-2-10)18(21,22)23/h1-7,15H,8-9H2,(H2,24,27)(H,25,26)/t15-/m0/s1. The van der Waals surface area contributed by atoms with Gasteiger partial charge in [-0.3, -0.25) is 9.59 Å². The van der Waals surface area contributed by atoms with Gasteiger partial charge in [0.15, 0.2) is 11.6 Å². The van der Waals surface area contributed by atoms with Gasteiger partial charge in [0.2, 0.25) is 11.8 Å². The molecule has 0 unspecified atom stereocenters. The fourth-order valence-electron chi connectivity index (χ4n) is 2.37. The number of nitrogens with one attached hydrogen (secondary N) is 1. The summed E-state index contributed by atoms with van der Waals surface area (Å²) in [6.07, 6.45) is -4.93. The van der Waals surface area contributed by atoms with Gasteiger partial charge in [0.05, 0.1) is 12.0 Å². The molecule has 9 heteroatoms. The van der Waals surface area contributed by atoms with Crippen LogP contribution in [-0.2, 0) is 28.6 Å². The number of hydrogen-bond donors (Lipinski definition) is 2. The molecule has 2 amide bonds. The van der Waals surface area contributed by atoms with E-state index in [2.05, 4.69) is 5.32 Å². The molecule has 2 aromatic rings. The third kappa shape index (κ3) is 5.77. The Morgan fingerprint density at radius 3 is 2.07 bits per heavy atom. The Balaban J connectivity index is 2.03. The number of rotatable bonds is 6. The minimum atomic E-state index is -4.49. The molecule has 0 heterocycles. The molecule has 0 saturated carbocycles. The second-order valence-electron chi connectivity index (χ2n) is 5.85. The van der Waals surface area contributed by atoms with Gasteiger partial charge in [-0.25, -0.2) is 8.78 Å². The molecule has 4 nitrogen and oxygen atoms in total. The molecule has 0 saturated heterocycles. The Morgan fingerprint density at radius 1 is 0.963 bits per heavy atom. The average molecular weight is 386 g/mol. The summed E-state index contributed by atoms with van der Waals surface area (Å²) in [5.41, 5.74) is 4.93. The highest BCUT2D eigenvalue weighted by Gasteiger charge is 2.30. The molecule has 0 bridgehead atoms. The lowest BCUT2D eigenvalue weighted by Gasteiger charge is -2.16. The molecule has 0 aliphatic carbocycles. The Kier molecular flexibility index (Phi) is 6.14. The molecule has 27 heavy (non-hydrogen) atoms. The molecule has 144 valence electrons. The monoisotopic (exact) mass is 386 g/mol. The van der Waals surface area contributed by atoms with Gasteiger partial charge in [-0.15, -0.1) is 0 Å². The maximum Gasteiger partial charge on any atom is 0.416 e. The van der Waals surface area contributed by atoms with Crippen LogP contribution >= 0.6 is 0 Å². The van der Waals surface area contributed by atoms with Crippen molar-refractivity contribution >= 4 is 11.8 Å². The van der Waals surface area contributed by atoms with Crippen LogP contribution in [-0.4, -0.2) is 17.9 Å². The number of hydrogen-bond acceptors (Lipinski definition) is 2. The summed E-state index contributed by atoms with van der Waals surface area (Å²) in [5, 5.41) is 2.34. The van der Waals surface area contributed by atoms with Crippen LogP contribution in [0.1, 0.15) is 16.7 Å². The van der Waals surface area contributed by atoms with Gasteiger partial charge in [-0.2, -0.15) is 13.2 Å². The molecular formula is C18H15F5N2O2. The van der Waals surface area contributed by atoms with Crippen LogP contribution in [0.5, 0.6) is 0 Å². The van der Waals surface area contributed by atoms with Crippen molar-refractivity contribution in [2.75, 3.05) is 0 Å². The molecule has 1 atom stereocenters. The van der Waals surface area contributed by atoms with E-state index in [0.29, 0.717) is 5.56 Å². The molecule has 0 radical (unpaired) electrons. The number of halogens is 5. The van der Waals surface area contributed by atoms with Crippen molar-refractivity contribution in [3.05, 3.63) is 70.8 Å². The lowest BCUT2D eigenvalue weighted by molar-refractivity contribution is -0.137. The summed E-state index contributed by atoms with van der Waals surface area (Å²) in [6, 6.07) is 5.84. The highest BCUT2D eigenvalue weighted by molar-refractivity contribution is 5.87. The third-order valence-corrected chi connectivity index (χ3v) is 3.75. The first kappa shape index (κ1) is 20.3. The molecule has 0 aliphatic rings. The number of amides is 2. The molecule has 3 N–H and O–H groups in total. The maximum atomic E-state index is 13.2. The van der Waals surface area contributed by atoms with Gasteiger partial charge < -0.3 is 11.1 Å². The summed E-state index contributed by atoms with van der Waals surface area (Å²) >= 11 is 0. The van der Waals surface area contributed by atoms with Crippen molar-refractivity contribution < 1.29 is 31.5 Å². The summed E-state index contributed by atoms with van der Waals surface area (Å²) in [7, 11) is 0. The number of primary amides is 1. The molecular weight excluding hydrogens is 371 g/mol. The third-order valence-electron chi connectivity index (χ3n) is 3.75. The van der Waals surface area contributed by atoms with E-state index < -0.39 is 41.2 Å². The van der Waals surface area contributed by atoms with Crippen LogP contribution in [0.15, 0.2) is 42.5 Å². The van der Waals surface area contributed by atoms with E-state index in [1.54, 1.807) is 0 Å². The van der Waals surface area contributed by atoms with Gasteiger partial charge in [0, 0.05) is 6.42 Å². The minimum absolute atomic E-state index is 0.114. The van der Waals surface area contributed by atoms with E-state index in [0.717, 1.165) is 24.3 Å². The van der Waals surface area contributed by atoms with E-state index >= 15 is 0 Å². The zero-order valence-corrected chi connectivity index (χ0v) is 13.8. The lowest BCUT2D eigenvalue weighted by Crippen LogP contribution is -2.46. The quantitative estimate of drug-likeness (QED) is 0.750. The predicted octanol–water partition coefficient (Wildman–Crippen LogP) is 2.74. The number of carbonyl (C=O) groups excluding carboxylic acids is 2. The summed E-state index contributed by atoms with van der Waals surface area (Å²) < 4.78 is 63.7. The minimum Gasteiger partial charge on any atom is -0.368 e. The van der Waals surface area contributed by atoms with Crippen molar-refractivity contribution in [3.8, 4) is 0 Å². The van der Waals surface area contributed by atoms with Crippen molar-refractivity contribution in [3.63, 3.8) is 0 Å². The Hall–Kier alpha value is -2.97. The van der Waals surface area contributed by atoms with E-state index in [4.69, 9.17) is 5.73 Å². The Bertz CT molecular complexity index is 835. The molecule has 0 spiro atoms. The molecule has 0 aliphatic heterocycles. The first-order valence-electron chi connectivity index (χ1n) is 7.75.